The molecule has 6 nitrogen and oxygen atoms in total. The second kappa shape index (κ2) is 6.96. The minimum absolute atomic E-state index is 0.0738. The molecule has 0 saturated carbocycles. The maximum absolute atomic E-state index is 6.24. The third-order valence-corrected chi connectivity index (χ3v) is 5.28. The highest BCUT2D eigenvalue weighted by molar-refractivity contribution is 5.39. The smallest absolute Gasteiger partial charge is 0.225 e. The van der Waals surface area contributed by atoms with E-state index in [1.165, 1.54) is 5.56 Å². The fraction of sp³-hybridized carbons (Fsp3) is 0.526. The summed E-state index contributed by atoms with van der Waals surface area (Å²) in [5.74, 6) is 1.88. The number of aryl methyl sites for hydroxylation is 1. The second-order valence-corrected chi connectivity index (χ2v) is 6.87. The Bertz CT molecular complexity index is 683. The molecule has 2 saturated heterocycles. The number of morpholine rings is 1. The Hall–Kier alpha value is -2.21. The molecule has 6 heteroatoms. The van der Waals surface area contributed by atoms with E-state index in [0.717, 1.165) is 63.8 Å². The zero-order valence-corrected chi connectivity index (χ0v) is 14.8. The lowest BCUT2D eigenvalue weighted by Gasteiger charge is -2.47. The Morgan fingerprint density at radius 3 is 2.52 bits per heavy atom. The lowest BCUT2D eigenvalue weighted by atomic mass is 9.89. The molecule has 4 rings (SSSR count). The van der Waals surface area contributed by atoms with Crippen LogP contribution in [0.25, 0.3) is 0 Å². The standard InChI is InChI=1S/C19H25N5O/c1-2-16-13-21-18(22-14-16)23-9-6-19(7-10-23)15-24(11-12-25-19)17-5-3-4-8-20-17/h3-5,8,13-14H,2,6-7,9-12,15H2,1H3. The molecule has 0 unspecified atom stereocenters. The van der Waals surface area contributed by atoms with Crippen molar-refractivity contribution >= 4 is 11.8 Å². The van der Waals surface area contributed by atoms with E-state index >= 15 is 0 Å². The summed E-state index contributed by atoms with van der Waals surface area (Å²) < 4.78 is 6.24. The average Bonchev–Trinajstić information content (AvgIpc) is 2.69. The molecular weight excluding hydrogens is 314 g/mol. The molecule has 0 atom stereocenters. The highest BCUT2D eigenvalue weighted by Gasteiger charge is 2.40. The van der Waals surface area contributed by atoms with E-state index in [1.54, 1.807) is 0 Å². The van der Waals surface area contributed by atoms with E-state index in [1.807, 2.05) is 30.7 Å². The topological polar surface area (TPSA) is 54.4 Å². The predicted octanol–water partition coefficient (Wildman–Crippen LogP) is 2.31. The Morgan fingerprint density at radius 2 is 1.84 bits per heavy atom. The van der Waals surface area contributed by atoms with Gasteiger partial charge in [-0.1, -0.05) is 13.0 Å². The fourth-order valence-electron chi connectivity index (χ4n) is 3.69. The lowest BCUT2D eigenvalue weighted by molar-refractivity contribution is -0.0707. The van der Waals surface area contributed by atoms with Crippen LogP contribution in [0.4, 0.5) is 11.8 Å². The molecule has 132 valence electrons. The quantitative estimate of drug-likeness (QED) is 0.855. The highest BCUT2D eigenvalue weighted by atomic mass is 16.5. The normalized spacial score (nSPS) is 20.0. The van der Waals surface area contributed by atoms with Crippen molar-refractivity contribution in [3.8, 4) is 0 Å². The third-order valence-electron chi connectivity index (χ3n) is 5.28. The van der Waals surface area contributed by atoms with E-state index in [4.69, 9.17) is 4.74 Å². The molecule has 2 aromatic rings. The van der Waals surface area contributed by atoms with Crippen molar-refractivity contribution in [1.29, 1.82) is 0 Å². The molecule has 4 heterocycles. The molecule has 0 aliphatic carbocycles. The summed E-state index contributed by atoms with van der Waals surface area (Å²) in [5.41, 5.74) is 1.11. The van der Waals surface area contributed by atoms with Gasteiger partial charge in [0, 0.05) is 44.8 Å². The first-order valence-electron chi connectivity index (χ1n) is 9.14. The van der Waals surface area contributed by atoms with Crippen molar-refractivity contribution in [3.05, 3.63) is 42.4 Å². The van der Waals surface area contributed by atoms with Gasteiger partial charge in [-0.3, -0.25) is 0 Å². The van der Waals surface area contributed by atoms with Crippen LogP contribution in [0.2, 0.25) is 0 Å². The number of rotatable bonds is 3. The number of pyridine rings is 1. The summed E-state index contributed by atoms with van der Waals surface area (Å²) >= 11 is 0. The number of nitrogens with zero attached hydrogens (tertiary/aromatic N) is 5. The second-order valence-electron chi connectivity index (χ2n) is 6.87. The Balaban J connectivity index is 1.41. The van der Waals surface area contributed by atoms with Crippen molar-refractivity contribution in [2.75, 3.05) is 42.6 Å². The molecule has 0 radical (unpaired) electrons. The summed E-state index contributed by atoms with van der Waals surface area (Å²) in [6, 6.07) is 6.09. The zero-order valence-electron chi connectivity index (χ0n) is 14.8. The van der Waals surface area contributed by atoms with Gasteiger partial charge in [0.2, 0.25) is 5.95 Å². The molecule has 0 N–H and O–H groups in total. The number of aromatic nitrogens is 3. The van der Waals surface area contributed by atoms with Crippen molar-refractivity contribution < 1.29 is 4.74 Å². The largest absolute Gasteiger partial charge is 0.371 e. The van der Waals surface area contributed by atoms with Gasteiger partial charge in [-0.05, 0) is 37.0 Å². The summed E-state index contributed by atoms with van der Waals surface area (Å²) in [6.45, 7) is 6.57. The molecule has 0 amide bonds. The molecule has 2 aliphatic heterocycles. The first-order valence-corrected chi connectivity index (χ1v) is 9.14. The van der Waals surface area contributed by atoms with Crippen LogP contribution in [0.1, 0.15) is 25.3 Å². The van der Waals surface area contributed by atoms with Gasteiger partial charge < -0.3 is 14.5 Å². The molecular formula is C19H25N5O. The third kappa shape index (κ3) is 3.44. The number of ether oxygens (including phenoxy) is 1. The van der Waals surface area contributed by atoms with Crippen LogP contribution >= 0.6 is 0 Å². The van der Waals surface area contributed by atoms with E-state index in [9.17, 15) is 0 Å². The van der Waals surface area contributed by atoms with Crippen molar-refractivity contribution in [3.63, 3.8) is 0 Å². The molecule has 25 heavy (non-hydrogen) atoms. The molecule has 0 bridgehead atoms. The fourth-order valence-corrected chi connectivity index (χ4v) is 3.69. The number of hydrogen-bond donors (Lipinski definition) is 0. The van der Waals surface area contributed by atoms with Crippen LogP contribution in [0, 0.1) is 0 Å². The van der Waals surface area contributed by atoms with Crippen LogP contribution in [-0.4, -0.2) is 53.3 Å². The Labute approximate surface area is 148 Å². The molecule has 2 fully saturated rings. The van der Waals surface area contributed by atoms with E-state index in [0.29, 0.717) is 0 Å². The van der Waals surface area contributed by atoms with Gasteiger partial charge >= 0.3 is 0 Å². The van der Waals surface area contributed by atoms with Gasteiger partial charge in [-0.25, -0.2) is 15.0 Å². The van der Waals surface area contributed by atoms with E-state index in [-0.39, 0.29) is 5.60 Å². The van der Waals surface area contributed by atoms with Crippen molar-refractivity contribution in [2.24, 2.45) is 0 Å². The van der Waals surface area contributed by atoms with E-state index in [2.05, 4.69) is 37.7 Å². The van der Waals surface area contributed by atoms with Crippen molar-refractivity contribution in [1.82, 2.24) is 15.0 Å². The summed E-state index contributed by atoms with van der Waals surface area (Å²) in [5, 5.41) is 0. The van der Waals surface area contributed by atoms with Gasteiger partial charge in [-0.2, -0.15) is 0 Å². The maximum atomic E-state index is 6.24. The van der Waals surface area contributed by atoms with Crippen LogP contribution in [0.5, 0.6) is 0 Å². The van der Waals surface area contributed by atoms with E-state index < -0.39 is 0 Å². The van der Waals surface area contributed by atoms with Gasteiger partial charge in [0.1, 0.15) is 5.82 Å². The molecule has 2 aliphatic rings. The molecule has 0 aromatic carbocycles. The first-order chi connectivity index (χ1) is 12.3. The SMILES string of the molecule is CCc1cnc(N2CCC3(CC2)CN(c2ccccn2)CCO3)nc1. The Morgan fingerprint density at radius 1 is 1.04 bits per heavy atom. The Kier molecular flexibility index (Phi) is 4.53. The monoisotopic (exact) mass is 339 g/mol. The van der Waals surface area contributed by atoms with Gasteiger partial charge in [0.15, 0.2) is 0 Å². The average molecular weight is 339 g/mol. The molecule has 1 spiro atoms. The van der Waals surface area contributed by atoms with Gasteiger partial charge in [0.05, 0.1) is 12.2 Å². The highest BCUT2D eigenvalue weighted by Crippen LogP contribution is 2.32. The number of piperidine rings is 1. The van der Waals surface area contributed by atoms with Crippen LogP contribution < -0.4 is 9.80 Å². The number of hydrogen-bond acceptors (Lipinski definition) is 6. The zero-order chi connectivity index (χ0) is 17.1. The summed E-state index contributed by atoms with van der Waals surface area (Å²) in [7, 11) is 0. The van der Waals surface area contributed by atoms with Gasteiger partial charge in [-0.15, -0.1) is 0 Å². The summed E-state index contributed by atoms with van der Waals surface area (Å²) in [4.78, 5) is 18.2. The number of anilines is 2. The lowest BCUT2D eigenvalue weighted by Crippen LogP contribution is -2.57. The minimum atomic E-state index is -0.0738. The van der Waals surface area contributed by atoms with Crippen LogP contribution in [0.3, 0.4) is 0 Å². The summed E-state index contributed by atoms with van der Waals surface area (Å²) in [6.07, 6.45) is 8.70. The maximum Gasteiger partial charge on any atom is 0.225 e. The first kappa shape index (κ1) is 16.3. The van der Waals surface area contributed by atoms with Gasteiger partial charge in [0.25, 0.3) is 0 Å². The predicted molar refractivity (Wildman–Crippen MR) is 98.0 cm³/mol. The van der Waals surface area contributed by atoms with Crippen LogP contribution in [-0.2, 0) is 11.2 Å². The van der Waals surface area contributed by atoms with Crippen molar-refractivity contribution in [2.45, 2.75) is 31.8 Å². The molecule has 2 aromatic heterocycles. The minimum Gasteiger partial charge on any atom is -0.371 e. The van der Waals surface area contributed by atoms with Crippen LogP contribution in [0.15, 0.2) is 36.8 Å².